The Hall–Kier alpha value is -1.23. The van der Waals surface area contributed by atoms with Crippen molar-refractivity contribution in [3.05, 3.63) is 29.8 Å². The van der Waals surface area contributed by atoms with Crippen molar-refractivity contribution in [3.63, 3.8) is 0 Å². The maximum absolute atomic E-state index is 12.0. The minimum atomic E-state index is -4.03. The van der Waals surface area contributed by atoms with E-state index in [4.69, 9.17) is 4.74 Å². The fraction of sp³-hybridized carbons (Fsp3) is 0.600. The van der Waals surface area contributed by atoms with Crippen LogP contribution in [0.1, 0.15) is 37.2 Å². The van der Waals surface area contributed by atoms with Gasteiger partial charge in [0.05, 0.1) is 7.11 Å². The van der Waals surface area contributed by atoms with Gasteiger partial charge in [0.15, 0.2) is 0 Å². The van der Waals surface area contributed by atoms with Crippen molar-refractivity contribution < 1.29 is 17.9 Å². The number of hydrogen-bond donors (Lipinski definition) is 1. The Balaban J connectivity index is 1.64. The number of halogens is 3. The molecule has 20 heavy (non-hydrogen) atoms. The molecular weight excluding hydrogens is 267 g/mol. The van der Waals surface area contributed by atoms with E-state index in [2.05, 4.69) is 17.4 Å². The van der Waals surface area contributed by atoms with E-state index in [9.17, 15) is 13.2 Å². The fourth-order valence-electron chi connectivity index (χ4n) is 2.53. The first-order valence-corrected chi connectivity index (χ1v) is 6.92. The van der Waals surface area contributed by atoms with E-state index in [1.807, 2.05) is 12.1 Å². The second-order valence-electron chi connectivity index (χ2n) is 5.31. The summed E-state index contributed by atoms with van der Waals surface area (Å²) in [6, 6.07) is 8.36. The first-order valence-electron chi connectivity index (χ1n) is 6.92. The Morgan fingerprint density at radius 2 is 1.85 bits per heavy atom. The van der Waals surface area contributed by atoms with E-state index in [-0.39, 0.29) is 6.42 Å². The van der Waals surface area contributed by atoms with Crippen LogP contribution in [0.5, 0.6) is 5.75 Å². The van der Waals surface area contributed by atoms with Crippen LogP contribution in [0.15, 0.2) is 24.3 Å². The van der Waals surface area contributed by atoms with Gasteiger partial charge in [0, 0.05) is 12.5 Å². The number of benzene rings is 1. The quantitative estimate of drug-likeness (QED) is 0.802. The Morgan fingerprint density at radius 3 is 2.40 bits per heavy atom. The third kappa shape index (κ3) is 4.40. The van der Waals surface area contributed by atoms with Crippen LogP contribution in [0.4, 0.5) is 13.2 Å². The number of methoxy groups -OCH3 is 1. The molecule has 0 aromatic heterocycles. The van der Waals surface area contributed by atoms with E-state index in [1.54, 1.807) is 7.11 Å². The maximum Gasteiger partial charge on any atom is 0.389 e. The van der Waals surface area contributed by atoms with E-state index >= 15 is 0 Å². The summed E-state index contributed by atoms with van der Waals surface area (Å²) in [5, 5.41) is 3.19. The standard InChI is InChI=1S/C15H20F3NO/c1-20-14-5-3-11(4-6-14)12-9-13(10-12)19-8-2-7-15(16,17)18/h3-6,12-13,19H,2,7-10H2,1H3. The molecule has 0 amide bonds. The van der Waals surface area contributed by atoms with E-state index in [1.165, 1.54) is 5.56 Å². The first-order chi connectivity index (χ1) is 9.48. The topological polar surface area (TPSA) is 21.3 Å². The van der Waals surface area contributed by atoms with Gasteiger partial charge in [-0.1, -0.05) is 12.1 Å². The summed E-state index contributed by atoms with van der Waals surface area (Å²) in [5.74, 6) is 1.36. The number of alkyl halides is 3. The SMILES string of the molecule is COc1ccc(C2CC(NCCCC(F)(F)F)C2)cc1. The highest BCUT2D eigenvalue weighted by Gasteiger charge is 2.30. The van der Waals surface area contributed by atoms with Crippen molar-refractivity contribution in [2.24, 2.45) is 0 Å². The number of rotatable bonds is 6. The second kappa shape index (κ2) is 6.48. The van der Waals surface area contributed by atoms with Crippen LogP contribution in [0, 0.1) is 0 Å². The molecule has 0 saturated heterocycles. The molecule has 0 bridgehead atoms. The Morgan fingerprint density at radius 1 is 1.20 bits per heavy atom. The van der Waals surface area contributed by atoms with Gasteiger partial charge in [0.1, 0.15) is 5.75 Å². The predicted octanol–water partition coefficient (Wildman–Crippen LogP) is 3.87. The molecule has 1 aromatic carbocycles. The molecule has 0 aliphatic heterocycles. The van der Waals surface area contributed by atoms with Gasteiger partial charge in [-0.15, -0.1) is 0 Å². The third-order valence-electron chi connectivity index (χ3n) is 3.80. The Labute approximate surface area is 117 Å². The zero-order chi connectivity index (χ0) is 14.6. The lowest BCUT2D eigenvalue weighted by Crippen LogP contribution is -2.40. The predicted molar refractivity (Wildman–Crippen MR) is 72.0 cm³/mol. The van der Waals surface area contributed by atoms with Crippen LogP contribution in [0.25, 0.3) is 0 Å². The first kappa shape index (κ1) is 15.2. The van der Waals surface area contributed by atoms with E-state index < -0.39 is 12.6 Å². The molecule has 1 aliphatic rings. The summed E-state index contributed by atoms with van der Waals surface area (Å²) in [7, 11) is 1.64. The highest BCUT2D eigenvalue weighted by Crippen LogP contribution is 2.37. The van der Waals surface area contributed by atoms with Crippen molar-refractivity contribution >= 4 is 0 Å². The van der Waals surface area contributed by atoms with Crippen LogP contribution in [-0.4, -0.2) is 25.9 Å². The zero-order valence-electron chi connectivity index (χ0n) is 11.5. The fourth-order valence-corrected chi connectivity index (χ4v) is 2.53. The van der Waals surface area contributed by atoms with E-state index in [0.29, 0.717) is 18.5 Å². The maximum atomic E-state index is 12.0. The molecule has 2 rings (SSSR count). The number of hydrogen-bond acceptors (Lipinski definition) is 2. The lowest BCUT2D eigenvalue weighted by Gasteiger charge is -2.36. The van der Waals surface area contributed by atoms with Gasteiger partial charge < -0.3 is 10.1 Å². The third-order valence-corrected chi connectivity index (χ3v) is 3.80. The molecule has 0 heterocycles. The smallest absolute Gasteiger partial charge is 0.389 e. The lowest BCUT2D eigenvalue weighted by molar-refractivity contribution is -0.135. The zero-order valence-corrected chi connectivity index (χ0v) is 11.5. The molecule has 112 valence electrons. The van der Waals surface area contributed by atoms with E-state index in [0.717, 1.165) is 18.6 Å². The lowest BCUT2D eigenvalue weighted by atomic mass is 9.76. The molecule has 2 nitrogen and oxygen atoms in total. The highest BCUT2D eigenvalue weighted by molar-refractivity contribution is 5.30. The van der Waals surface area contributed by atoms with Gasteiger partial charge in [0.25, 0.3) is 0 Å². The summed E-state index contributed by atoms with van der Waals surface area (Å²) in [6.45, 7) is 0.444. The molecule has 1 saturated carbocycles. The monoisotopic (exact) mass is 287 g/mol. The molecule has 1 aliphatic carbocycles. The molecule has 1 fully saturated rings. The molecule has 0 spiro atoms. The largest absolute Gasteiger partial charge is 0.497 e. The van der Waals surface area contributed by atoms with Gasteiger partial charge in [-0.3, -0.25) is 0 Å². The van der Waals surface area contributed by atoms with Crippen LogP contribution in [0.2, 0.25) is 0 Å². The second-order valence-corrected chi connectivity index (χ2v) is 5.31. The summed E-state index contributed by atoms with van der Waals surface area (Å²) in [6.07, 6.45) is -2.58. The van der Waals surface area contributed by atoms with Crippen molar-refractivity contribution in [2.45, 2.75) is 43.8 Å². The summed E-state index contributed by atoms with van der Waals surface area (Å²) >= 11 is 0. The van der Waals surface area contributed by atoms with Crippen molar-refractivity contribution in [1.29, 1.82) is 0 Å². The number of nitrogens with one attached hydrogen (secondary N) is 1. The minimum absolute atomic E-state index is 0.160. The van der Waals surface area contributed by atoms with Crippen LogP contribution >= 0.6 is 0 Å². The average molecular weight is 287 g/mol. The molecule has 0 unspecified atom stereocenters. The van der Waals surface area contributed by atoms with Gasteiger partial charge in [-0.25, -0.2) is 0 Å². The summed E-state index contributed by atoms with van der Waals surface area (Å²) in [5.41, 5.74) is 1.28. The highest BCUT2D eigenvalue weighted by atomic mass is 19.4. The summed E-state index contributed by atoms with van der Waals surface area (Å²) in [4.78, 5) is 0. The van der Waals surface area contributed by atoms with Crippen LogP contribution in [0.3, 0.4) is 0 Å². The molecule has 1 N–H and O–H groups in total. The molecule has 5 heteroatoms. The van der Waals surface area contributed by atoms with Gasteiger partial charge in [0.2, 0.25) is 0 Å². The van der Waals surface area contributed by atoms with Crippen molar-refractivity contribution in [2.75, 3.05) is 13.7 Å². The molecule has 1 aromatic rings. The van der Waals surface area contributed by atoms with Crippen molar-refractivity contribution in [1.82, 2.24) is 5.32 Å². The number of ether oxygens (including phenoxy) is 1. The summed E-state index contributed by atoms with van der Waals surface area (Å²) < 4.78 is 41.1. The Kier molecular flexibility index (Phi) is 4.91. The average Bonchev–Trinajstić information content (AvgIpc) is 2.35. The van der Waals surface area contributed by atoms with Gasteiger partial charge in [-0.2, -0.15) is 13.2 Å². The van der Waals surface area contributed by atoms with Gasteiger partial charge in [-0.05, 0) is 49.4 Å². The van der Waals surface area contributed by atoms with Gasteiger partial charge >= 0.3 is 6.18 Å². The van der Waals surface area contributed by atoms with Crippen molar-refractivity contribution in [3.8, 4) is 5.75 Å². The normalized spacial score (nSPS) is 22.4. The molecular formula is C15H20F3NO. The van der Waals surface area contributed by atoms with Crippen LogP contribution < -0.4 is 10.1 Å². The molecule has 0 radical (unpaired) electrons. The molecule has 0 atom stereocenters. The minimum Gasteiger partial charge on any atom is -0.497 e. The Bertz CT molecular complexity index is 410. The van der Waals surface area contributed by atoms with Crippen LogP contribution in [-0.2, 0) is 0 Å².